The molecular formula is C16H22N4O2. The van der Waals surface area contributed by atoms with E-state index in [4.69, 9.17) is 10.1 Å². The molecule has 1 aromatic carbocycles. The number of aryl methyl sites for hydroxylation is 1. The van der Waals surface area contributed by atoms with Crippen molar-refractivity contribution in [3.63, 3.8) is 0 Å². The Balaban J connectivity index is 2.22. The maximum atomic E-state index is 12.1. The molecule has 22 heavy (non-hydrogen) atoms. The summed E-state index contributed by atoms with van der Waals surface area (Å²) < 4.78 is 6.35. The van der Waals surface area contributed by atoms with E-state index in [0.29, 0.717) is 29.8 Å². The molecule has 6 heteroatoms. The Morgan fingerprint density at radius 2 is 2.00 bits per heavy atom. The number of nitrogens with one attached hydrogen (secondary N) is 1. The van der Waals surface area contributed by atoms with Crippen molar-refractivity contribution >= 4 is 16.5 Å². The lowest BCUT2D eigenvalue weighted by Gasteiger charge is -2.16. The van der Waals surface area contributed by atoms with Crippen molar-refractivity contribution in [1.29, 1.82) is 5.41 Å². The van der Waals surface area contributed by atoms with Gasteiger partial charge < -0.3 is 15.0 Å². The van der Waals surface area contributed by atoms with E-state index in [-0.39, 0.29) is 5.56 Å². The minimum atomic E-state index is -0.135. The van der Waals surface area contributed by atoms with E-state index in [2.05, 4.69) is 10.00 Å². The van der Waals surface area contributed by atoms with E-state index < -0.39 is 0 Å². The SMILES string of the molecule is COCCN(C)CCC(=N)c1nn(C)c(=O)c2ccccc12. The van der Waals surface area contributed by atoms with Crippen LogP contribution in [0, 0.1) is 5.41 Å². The molecule has 1 aromatic heterocycles. The van der Waals surface area contributed by atoms with Gasteiger partial charge in [0.1, 0.15) is 5.69 Å². The molecule has 0 aliphatic heterocycles. The van der Waals surface area contributed by atoms with Crippen LogP contribution < -0.4 is 5.56 Å². The zero-order valence-electron chi connectivity index (χ0n) is 13.3. The summed E-state index contributed by atoms with van der Waals surface area (Å²) >= 11 is 0. The second-order valence-corrected chi connectivity index (χ2v) is 5.35. The van der Waals surface area contributed by atoms with Crippen LogP contribution in [-0.2, 0) is 11.8 Å². The maximum Gasteiger partial charge on any atom is 0.274 e. The van der Waals surface area contributed by atoms with Gasteiger partial charge in [-0.05, 0) is 13.1 Å². The average molecular weight is 302 g/mol. The van der Waals surface area contributed by atoms with Crippen molar-refractivity contribution in [2.75, 3.05) is 33.9 Å². The lowest BCUT2D eigenvalue weighted by molar-refractivity contribution is 0.162. The highest BCUT2D eigenvalue weighted by molar-refractivity contribution is 6.07. The van der Waals surface area contributed by atoms with Crippen LogP contribution in [0.2, 0.25) is 0 Å². The van der Waals surface area contributed by atoms with Gasteiger partial charge in [0.25, 0.3) is 5.56 Å². The lowest BCUT2D eigenvalue weighted by Crippen LogP contribution is -2.27. The molecule has 0 unspecified atom stereocenters. The summed E-state index contributed by atoms with van der Waals surface area (Å²) in [5, 5.41) is 13.9. The van der Waals surface area contributed by atoms with Gasteiger partial charge in [0, 0.05) is 39.1 Å². The first kappa shape index (κ1) is 16.3. The van der Waals surface area contributed by atoms with Crippen molar-refractivity contribution < 1.29 is 4.74 Å². The third-order valence-corrected chi connectivity index (χ3v) is 3.66. The number of benzene rings is 1. The standard InChI is InChI=1S/C16H22N4O2/c1-19(10-11-22-3)9-8-14(17)15-12-6-4-5-7-13(12)16(21)20(2)18-15/h4-7,17H,8-11H2,1-3H3. The number of nitrogens with zero attached hydrogens (tertiary/aromatic N) is 3. The van der Waals surface area contributed by atoms with Gasteiger partial charge >= 0.3 is 0 Å². The van der Waals surface area contributed by atoms with Crippen molar-refractivity contribution in [3.05, 3.63) is 40.3 Å². The average Bonchev–Trinajstić information content (AvgIpc) is 2.54. The second-order valence-electron chi connectivity index (χ2n) is 5.35. The minimum Gasteiger partial charge on any atom is -0.383 e. The molecule has 2 rings (SSSR count). The Labute approximate surface area is 129 Å². The molecule has 6 nitrogen and oxygen atoms in total. The van der Waals surface area contributed by atoms with Gasteiger partial charge in [-0.2, -0.15) is 5.10 Å². The summed E-state index contributed by atoms with van der Waals surface area (Å²) in [7, 11) is 5.30. The van der Waals surface area contributed by atoms with Crippen LogP contribution >= 0.6 is 0 Å². The highest BCUT2D eigenvalue weighted by Gasteiger charge is 2.13. The second kappa shape index (κ2) is 7.29. The number of likely N-dealkylation sites (N-methyl/N-ethyl adjacent to an activating group) is 1. The van der Waals surface area contributed by atoms with E-state index in [1.165, 1.54) is 4.68 Å². The molecule has 2 aromatic rings. The van der Waals surface area contributed by atoms with Crippen LogP contribution in [0.4, 0.5) is 0 Å². The fraction of sp³-hybridized carbons (Fsp3) is 0.438. The van der Waals surface area contributed by atoms with Gasteiger partial charge in [-0.15, -0.1) is 0 Å². The summed E-state index contributed by atoms with van der Waals surface area (Å²) in [4.78, 5) is 14.2. The number of rotatable bonds is 7. The first-order chi connectivity index (χ1) is 10.5. The van der Waals surface area contributed by atoms with Crippen LogP contribution in [0.1, 0.15) is 12.1 Å². The monoisotopic (exact) mass is 302 g/mol. The Bertz CT molecular complexity index is 724. The van der Waals surface area contributed by atoms with E-state index in [0.717, 1.165) is 18.5 Å². The van der Waals surface area contributed by atoms with Gasteiger partial charge in [0.15, 0.2) is 0 Å². The zero-order valence-corrected chi connectivity index (χ0v) is 13.3. The van der Waals surface area contributed by atoms with Crippen LogP contribution in [0.3, 0.4) is 0 Å². The third-order valence-electron chi connectivity index (χ3n) is 3.66. The quantitative estimate of drug-likeness (QED) is 0.782. The molecule has 0 saturated heterocycles. The fourth-order valence-corrected chi connectivity index (χ4v) is 2.30. The van der Waals surface area contributed by atoms with Crippen molar-refractivity contribution in [3.8, 4) is 0 Å². The number of aromatic nitrogens is 2. The number of ether oxygens (including phenoxy) is 1. The highest BCUT2D eigenvalue weighted by atomic mass is 16.5. The molecule has 0 fully saturated rings. The molecule has 1 N–H and O–H groups in total. The summed E-state index contributed by atoms with van der Waals surface area (Å²) in [6, 6.07) is 7.32. The topological polar surface area (TPSA) is 71.2 Å². The first-order valence-electron chi connectivity index (χ1n) is 7.26. The molecule has 0 atom stereocenters. The molecule has 0 aliphatic rings. The van der Waals surface area contributed by atoms with Gasteiger partial charge in [-0.25, -0.2) is 4.68 Å². The van der Waals surface area contributed by atoms with Crippen LogP contribution in [0.25, 0.3) is 10.8 Å². The lowest BCUT2D eigenvalue weighted by atomic mass is 10.1. The zero-order chi connectivity index (χ0) is 16.1. The Morgan fingerprint density at radius 1 is 1.32 bits per heavy atom. The summed E-state index contributed by atoms with van der Waals surface area (Å²) in [6.45, 7) is 2.25. The molecule has 0 saturated carbocycles. The minimum absolute atomic E-state index is 0.135. The predicted octanol–water partition coefficient (Wildman–Crippen LogP) is 1.27. The third kappa shape index (κ3) is 3.58. The number of methoxy groups -OCH3 is 1. The van der Waals surface area contributed by atoms with Gasteiger partial charge in [0.2, 0.25) is 0 Å². The normalized spacial score (nSPS) is 11.3. The Hall–Kier alpha value is -2.05. The van der Waals surface area contributed by atoms with Crippen molar-refractivity contribution in [2.45, 2.75) is 6.42 Å². The maximum absolute atomic E-state index is 12.1. The van der Waals surface area contributed by atoms with E-state index in [1.54, 1.807) is 20.2 Å². The first-order valence-corrected chi connectivity index (χ1v) is 7.26. The fourth-order valence-electron chi connectivity index (χ4n) is 2.30. The number of hydrogen-bond acceptors (Lipinski definition) is 5. The highest BCUT2D eigenvalue weighted by Crippen LogP contribution is 2.14. The molecule has 0 amide bonds. The molecule has 0 radical (unpaired) electrons. The van der Waals surface area contributed by atoms with Crippen molar-refractivity contribution in [1.82, 2.24) is 14.7 Å². The van der Waals surface area contributed by atoms with E-state index in [9.17, 15) is 4.79 Å². The van der Waals surface area contributed by atoms with Crippen LogP contribution in [0.15, 0.2) is 29.1 Å². The largest absolute Gasteiger partial charge is 0.383 e. The van der Waals surface area contributed by atoms with Crippen molar-refractivity contribution in [2.24, 2.45) is 7.05 Å². The predicted molar refractivity (Wildman–Crippen MR) is 87.8 cm³/mol. The molecule has 1 heterocycles. The smallest absolute Gasteiger partial charge is 0.274 e. The molecular weight excluding hydrogens is 280 g/mol. The van der Waals surface area contributed by atoms with Crippen LogP contribution in [0.5, 0.6) is 0 Å². The van der Waals surface area contributed by atoms with Gasteiger partial charge in [-0.3, -0.25) is 4.79 Å². The molecule has 0 aliphatic carbocycles. The van der Waals surface area contributed by atoms with Gasteiger partial charge in [0.05, 0.1) is 17.7 Å². The van der Waals surface area contributed by atoms with E-state index in [1.807, 2.05) is 25.2 Å². The summed E-state index contributed by atoms with van der Waals surface area (Å²) in [5.41, 5.74) is 0.887. The summed E-state index contributed by atoms with van der Waals surface area (Å²) in [5.74, 6) is 0. The van der Waals surface area contributed by atoms with E-state index >= 15 is 0 Å². The number of hydrogen-bond donors (Lipinski definition) is 1. The number of fused-ring (bicyclic) bond motifs is 1. The molecule has 118 valence electrons. The Kier molecular flexibility index (Phi) is 5.41. The molecule has 0 bridgehead atoms. The Morgan fingerprint density at radius 3 is 2.68 bits per heavy atom. The van der Waals surface area contributed by atoms with Gasteiger partial charge in [-0.1, -0.05) is 18.2 Å². The van der Waals surface area contributed by atoms with Crippen LogP contribution in [-0.4, -0.2) is 54.2 Å². The molecule has 0 spiro atoms. The summed E-state index contributed by atoms with van der Waals surface area (Å²) in [6.07, 6.45) is 0.579.